The van der Waals surface area contributed by atoms with Crippen LogP contribution in [-0.4, -0.2) is 49.2 Å². The van der Waals surface area contributed by atoms with Crippen LogP contribution in [0.15, 0.2) is 24.3 Å². The van der Waals surface area contributed by atoms with Crippen LogP contribution in [-0.2, 0) is 4.79 Å². The third kappa shape index (κ3) is 5.59. The summed E-state index contributed by atoms with van der Waals surface area (Å²) in [7, 11) is 0. The number of rotatable bonds is 6. The zero-order valence-electron chi connectivity index (χ0n) is 14.1. The number of amides is 1. The van der Waals surface area contributed by atoms with Gasteiger partial charge < -0.3 is 19.7 Å². The fraction of sp³-hybridized carbons (Fsp3) is 0.588. The number of benzene rings is 1. The molecule has 2 unspecified atom stereocenters. The Morgan fingerprint density at radius 3 is 2.43 bits per heavy atom. The predicted molar refractivity (Wildman–Crippen MR) is 93.6 cm³/mol. The fourth-order valence-electron chi connectivity index (χ4n) is 2.49. The van der Waals surface area contributed by atoms with Gasteiger partial charge in [0.1, 0.15) is 11.5 Å². The quantitative estimate of drug-likeness (QED) is 0.863. The molecule has 2 rings (SSSR count). The highest BCUT2D eigenvalue weighted by molar-refractivity contribution is 5.85. The van der Waals surface area contributed by atoms with Crippen molar-refractivity contribution in [1.29, 1.82) is 0 Å². The molecule has 1 aliphatic heterocycles. The van der Waals surface area contributed by atoms with E-state index in [-0.39, 0.29) is 31.0 Å². The molecule has 0 radical (unpaired) electrons. The summed E-state index contributed by atoms with van der Waals surface area (Å²) in [6.07, 6.45) is 0.980. The van der Waals surface area contributed by atoms with Gasteiger partial charge in [0, 0.05) is 25.2 Å². The van der Waals surface area contributed by atoms with E-state index >= 15 is 0 Å². The molecule has 130 valence electrons. The smallest absolute Gasteiger partial charge is 0.260 e. The molecule has 1 heterocycles. The van der Waals surface area contributed by atoms with Gasteiger partial charge >= 0.3 is 0 Å². The van der Waals surface area contributed by atoms with Crippen molar-refractivity contribution in [3.05, 3.63) is 24.3 Å². The van der Waals surface area contributed by atoms with Crippen molar-refractivity contribution in [2.45, 2.75) is 39.3 Å². The molecule has 2 atom stereocenters. The fourth-order valence-corrected chi connectivity index (χ4v) is 2.49. The maximum atomic E-state index is 12.3. The maximum absolute atomic E-state index is 12.3. The molecule has 1 N–H and O–H groups in total. The molecule has 1 aromatic carbocycles. The number of carbonyl (C=O) groups is 1. The molecule has 1 saturated heterocycles. The lowest BCUT2D eigenvalue weighted by Crippen LogP contribution is -2.58. The monoisotopic (exact) mass is 342 g/mol. The molecule has 0 bridgehead atoms. The first-order valence-corrected chi connectivity index (χ1v) is 8.00. The molecule has 1 aliphatic rings. The average Bonchev–Trinajstić information content (AvgIpc) is 2.54. The Balaban J connectivity index is 0.00000264. The largest absolute Gasteiger partial charge is 0.494 e. The first-order chi connectivity index (χ1) is 10.6. The van der Waals surface area contributed by atoms with Crippen LogP contribution in [0.4, 0.5) is 0 Å². The number of halogens is 1. The van der Waals surface area contributed by atoms with Crippen molar-refractivity contribution in [3.63, 3.8) is 0 Å². The van der Waals surface area contributed by atoms with E-state index in [0.29, 0.717) is 18.4 Å². The molecule has 1 fully saturated rings. The van der Waals surface area contributed by atoms with Crippen molar-refractivity contribution in [2.75, 3.05) is 26.3 Å². The maximum Gasteiger partial charge on any atom is 0.260 e. The summed E-state index contributed by atoms with van der Waals surface area (Å²) < 4.78 is 11.1. The number of nitrogens with one attached hydrogen (secondary N) is 1. The summed E-state index contributed by atoms with van der Waals surface area (Å²) in [4.78, 5) is 14.2. The van der Waals surface area contributed by atoms with Crippen LogP contribution < -0.4 is 14.8 Å². The van der Waals surface area contributed by atoms with Crippen LogP contribution in [0.25, 0.3) is 0 Å². The first kappa shape index (κ1) is 19.6. The number of piperazine rings is 1. The van der Waals surface area contributed by atoms with Gasteiger partial charge in [-0.3, -0.25) is 4.79 Å². The highest BCUT2D eigenvalue weighted by Gasteiger charge is 2.28. The van der Waals surface area contributed by atoms with Gasteiger partial charge in [0.2, 0.25) is 0 Å². The van der Waals surface area contributed by atoms with E-state index in [2.05, 4.69) is 26.1 Å². The second kappa shape index (κ2) is 9.63. The lowest BCUT2D eigenvalue weighted by Gasteiger charge is -2.38. The molecular weight excluding hydrogens is 316 g/mol. The number of nitrogens with zero attached hydrogens (tertiary/aromatic N) is 1. The summed E-state index contributed by atoms with van der Waals surface area (Å²) in [5.41, 5.74) is 0. The standard InChI is InChI=1S/C17H26N2O3.ClH/c1-4-11-21-15-5-7-16(8-6-15)22-12-17(20)19-10-9-18-13(2)14(19)3;/h5-8,13-14,18H,4,9-12H2,1-3H3;1H. The first-order valence-electron chi connectivity index (χ1n) is 8.00. The summed E-state index contributed by atoms with van der Waals surface area (Å²) in [6.45, 7) is 8.58. The van der Waals surface area contributed by atoms with Crippen LogP contribution in [0, 0.1) is 0 Å². The molecule has 5 nitrogen and oxygen atoms in total. The predicted octanol–water partition coefficient (Wildman–Crippen LogP) is 2.48. The molecule has 1 amide bonds. The van der Waals surface area contributed by atoms with Gasteiger partial charge in [-0.2, -0.15) is 0 Å². The van der Waals surface area contributed by atoms with E-state index in [1.807, 2.05) is 29.2 Å². The minimum atomic E-state index is 0. The second-order valence-corrected chi connectivity index (χ2v) is 5.68. The molecular formula is C17H27ClN2O3. The van der Waals surface area contributed by atoms with E-state index in [4.69, 9.17) is 9.47 Å². The van der Waals surface area contributed by atoms with E-state index in [1.165, 1.54) is 0 Å². The molecule has 1 aromatic rings. The van der Waals surface area contributed by atoms with Gasteiger partial charge in [0.25, 0.3) is 5.91 Å². The highest BCUT2D eigenvalue weighted by atomic mass is 35.5. The van der Waals surface area contributed by atoms with Crippen molar-refractivity contribution in [2.24, 2.45) is 0 Å². The third-order valence-electron chi connectivity index (χ3n) is 4.01. The molecule has 0 spiro atoms. The summed E-state index contributed by atoms with van der Waals surface area (Å²) in [5, 5.41) is 3.36. The number of hydrogen-bond acceptors (Lipinski definition) is 4. The minimum absolute atomic E-state index is 0. The van der Waals surface area contributed by atoms with Crippen LogP contribution in [0.5, 0.6) is 11.5 Å². The lowest BCUT2D eigenvalue weighted by atomic mass is 10.1. The zero-order valence-corrected chi connectivity index (χ0v) is 14.9. The highest BCUT2D eigenvalue weighted by Crippen LogP contribution is 2.18. The van der Waals surface area contributed by atoms with Crippen LogP contribution in [0.1, 0.15) is 27.2 Å². The zero-order chi connectivity index (χ0) is 15.9. The van der Waals surface area contributed by atoms with Gasteiger partial charge in [-0.1, -0.05) is 6.92 Å². The van der Waals surface area contributed by atoms with Crippen LogP contribution in [0.2, 0.25) is 0 Å². The van der Waals surface area contributed by atoms with E-state index < -0.39 is 0 Å². The topological polar surface area (TPSA) is 50.8 Å². The van der Waals surface area contributed by atoms with Gasteiger partial charge in [0.05, 0.1) is 6.61 Å². The van der Waals surface area contributed by atoms with E-state index in [9.17, 15) is 4.79 Å². The van der Waals surface area contributed by atoms with Crippen LogP contribution >= 0.6 is 12.4 Å². The number of carbonyl (C=O) groups excluding carboxylic acids is 1. The molecule has 6 heteroatoms. The van der Waals surface area contributed by atoms with Gasteiger partial charge in [-0.25, -0.2) is 0 Å². The Kier molecular flexibility index (Phi) is 8.20. The second-order valence-electron chi connectivity index (χ2n) is 5.68. The van der Waals surface area contributed by atoms with Crippen molar-refractivity contribution in [1.82, 2.24) is 10.2 Å². The van der Waals surface area contributed by atoms with Crippen LogP contribution in [0.3, 0.4) is 0 Å². The van der Waals surface area contributed by atoms with E-state index in [0.717, 1.165) is 25.3 Å². The Labute approximate surface area is 144 Å². The lowest BCUT2D eigenvalue weighted by molar-refractivity contribution is -0.137. The van der Waals surface area contributed by atoms with Gasteiger partial charge in [-0.15, -0.1) is 12.4 Å². The molecule has 0 aromatic heterocycles. The molecule has 23 heavy (non-hydrogen) atoms. The average molecular weight is 343 g/mol. The number of ether oxygens (including phenoxy) is 2. The summed E-state index contributed by atoms with van der Waals surface area (Å²) in [6, 6.07) is 7.91. The minimum Gasteiger partial charge on any atom is -0.494 e. The molecule has 0 saturated carbocycles. The van der Waals surface area contributed by atoms with Crippen molar-refractivity contribution < 1.29 is 14.3 Å². The number of hydrogen-bond donors (Lipinski definition) is 1. The van der Waals surface area contributed by atoms with E-state index in [1.54, 1.807) is 0 Å². The Morgan fingerprint density at radius 2 is 1.83 bits per heavy atom. The normalized spacial score (nSPS) is 20.6. The van der Waals surface area contributed by atoms with Crippen molar-refractivity contribution in [3.8, 4) is 11.5 Å². The molecule has 0 aliphatic carbocycles. The van der Waals surface area contributed by atoms with Gasteiger partial charge in [-0.05, 0) is 44.5 Å². The van der Waals surface area contributed by atoms with Gasteiger partial charge in [0.15, 0.2) is 6.61 Å². The summed E-state index contributed by atoms with van der Waals surface area (Å²) >= 11 is 0. The Bertz CT molecular complexity index is 481. The Morgan fingerprint density at radius 1 is 1.22 bits per heavy atom. The summed E-state index contributed by atoms with van der Waals surface area (Å²) in [5.74, 6) is 1.55. The Hall–Kier alpha value is -1.46. The third-order valence-corrected chi connectivity index (χ3v) is 4.01. The van der Waals surface area contributed by atoms with Crippen molar-refractivity contribution >= 4 is 18.3 Å². The SMILES string of the molecule is CCCOc1ccc(OCC(=O)N2CCNC(C)C2C)cc1.Cl.